The van der Waals surface area contributed by atoms with E-state index in [1.165, 1.54) is 19.3 Å². The molecule has 1 saturated carbocycles. The van der Waals surface area contributed by atoms with Gasteiger partial charge in [-0.05, 0) is 39.2 Å². The van der Waals surface area contributed by atoms with Gasteiger partial charge in [-0.15, -0.1) is 0 Å². The Bertz CT molecular complexity index is 137. The van der Waals surface area contributed by atoms with Crippen LogP contribution in [0.2, 0.25) is 0 Å². The third-order valence-corrected chi connectivity index (χ3v) is 2.68. The number of nitrogens with one attached hydrogen (secondary N) is 2. The number of methoxy groups -OCH3 is 1. The van der Waals surface area contributed by atoms with Crippen LogP contribution in [-0.2, 0) is 4.74 Å². The molecule has 0 aromatic heterocycles. The highest BCUT2D eigenvalue weighted by Crippen LogP contribution is 2.17. The zero-order chi connectivity index (χ0) is 10.2. The molecule has 1 rings (SSSR count). The predicted molar refractivity (Wildman–Crippen MR) is 59.6 cm³/mol. The molecule has 84 valence electrons. The molecular formula is C11H24N2O. The fourth-order valence-corrected chi connectivity index (χ4v) is 1.41. The summed E-state index contributed by atoms with van der Waals surface area (Å²) in [6, 6.07) is 0.838. The van der Waals surface area contributed by atoms with E-state index in [2.05, 4.69) is 17.6 Å². The summed E-state index contributed by atoms with van der Waals surface area (Å²) in [6.07, 6.45) is 5.52. The van der Waals surface area contributed by atoms with Crippen molar-refractivity contribution in [3.05, 3.63) is 0 Å². The van der Waals surface area contributed by atoms with Gasteiger partial charge in [-0.2, -0.15) is 0 Å². The molecule has 1 fully saturated rings. The van der Waals surface area contributed by atoms with Gasteiger partial charge in [-0.3, -0.25) is 0 Å². The van der Waals surface area contributed by atoms with Gasteiger partial charge in [0.2, 0.25) is 0 Å². The highest BCUT2D eigenvalue weighted by molar-refractivity contribution is 4.80. The first-order chi connectivity index (χ1) is 6.83. The largest absolute Gasteiger partial charge is 0.382 e. The number of ether oxygens (including phenoxy) is 1. The molecule has 1 unspecified atom stereocenters. The van der Waals surface area contributed by atoms with Gasteiger partial charge in [0.25, 0.3) is 0 Å². The predicted octanol–water partition coefficient (Wildman–Crippen LogP) is 1.14. The van der Waals surface area contributed by atoms with Gasteiger partial charge in [0.05, 0.1) is 6.10 Å². The zero-order valence-electron chi connectivity index (χ0n) is 9.51. The van der Waals surface area contributed by atoms with Gasteiger partial charge in [0.15, 0.2) is 0 Å². The lowest BCUT2D eigenvalue weighted by Gasteiger charge is -2.09. The van der Waals surface area contributed by atoms with Crippen LogP contribution in [0.4, 0.5) is 0 Å². The Morgan fingerprint density at radius 2 is 2.07 bits per heavy atom. The van der Waals surface area contributed by atoms with E-state index in [0.717, 1.165) is 32.1 Å². The maximum Gasteiger partial charge on any atom is 0.0543 e. The second-order valence-electron chi connectivity index (χ2n) is 4.17. The van der Waals surface area contributed by atoms with Crippen LogP contribution in [0.5, 0.6) is 0 Å². The molecule has 1 atom stereocenters. The third-order valence-electron chi connectivity index (χ3n) is 2.68. The van der Waals surface area contributed by atoms with Crippen LogP contribution in [0.15, 0.2) is 0 Å². The lowest BCUT2D eigenvalue weighted by Crippen LogP contribution is -2.29. The van der Waals surface area contributed by atoms with Crippen molar-refractivity contribution in [2.24, 2.45) is 0 Å². The number of rotatable bonds is 9. The summed E-state index contributed by atoms with van der Waals surface area (Å²) in [5.41, 5.74) is 0. The van der Waals surface area contributed by atoms with Gasteiger partial charge in [-0.25, -0.2) is 0 Å². The van der Waals surface area contributed by atoms with Crippen molar-refractivity contribution in [3.63, 3.8) is 0 Å². The monoisotopic (exact) mass is 200 g/mol. The molecular weight excluding hydrogens is 176 g/mol. The molecule has 1 aliphatic rings. The minimum Gasteiger partial charge on any atom is -0.382 e. The zero-order valence-corrected chi connectivity index (χ0v) is 9.51. The quantitative estimate of drug-likeness (QED) is 0.548. The standard InChI is InChI=1S/C11H24N2O/c1-10(14-2)4-3-7-12-8-9-13-11-5-6-11/h10-13H,3-9H2,1-2H3. The van der Waals surface area contributed by atoms with E-state index in [1.807, 2.05) is 0 Å². The van der Waals surface area contributed by atoms with Crippen molar-refractivity contribution in [1.82, 2.24) is 10.6 Å². The van der Waals surface area contributed by atoms with Crippen LogP contribution in [0.1, 0.15) is 32.6 Å². The maximum atomic E-state index is 5.18. The van der Waals surface area contributed by atoms with Gasteiger partial charge < -0.3 is 15.4 Å². The van der Waals surface area contributed by atoms with Crippen molar-refractivity contribution in [2.75, 3.05) is 26.7 Å². The first-order valence-corrected chi connectivity index (χ1v) is 5.80. The molecule has 0 bridgehead atoms. The van der Waals surface area contributed by atoms with Crippen LogP contribution in [-0.4, -0.2) is 38.9 Å². The maximum absolute atomic E-state index is 5.18. The third kappa shape index (κ3) is 6.35. The average Bonchev–Trinajstić information content (AvgIpc) is 2.99. The van der Waals surface area contributed by atoms with E-state index in [1.54, 1.807) is 7.11 Å². The van der Waals surface area contributed by atoms with E-state index in [0.29, 0.717) is 6.10 Å². The van der Waals surface area contributed by atoms with E-state index < -0.39 is 0 Å². The molecule has 0 radical (unpaired) electrons. The van der Waals surface area contributed by atoms with Gasteiger partial charge in [0.1, 0.15) is 0 Å². The SMILES string of the molecule is COC(C)CCCNCCNC1CC1. The second-order valence-corrected chi connectivity index (χ2v) is 4.17. The fourth-order valence-electron chi connectivity index (χ4n) is 1.41. The summed E-state index contributed by atoms with van der Waals surface area (Å²) in [6.45, 7) is 5.44. The first kappa shape index (κ1) is 12.0. The van der Waals surface area contributed by atoms with E-state index >= 15 is 0 Å². The van der Waals surface area contributed by atoms with Crippen LogP contribution < -0.4 is 10.6 Å². The summed E-state index contributed by atoms with van der Waals surface area (Å²) in [4.78, 5) is 0. The van der Waals surface area contributed by atoms with Crippen LogP contribution in [0, 0.1) is 0 Å². The Labute approximate surface area is 87.6 Å². The van der Waals surface area contributed by atoms with Gasteiger partial charge >= 0.3 is 0 Å². The van der Waals surface area contributed by atoms with Crippen molar-refractivity contribution < 1.29 is 4.74 Å². The van der Waals surface area contributed by atoms with Gasteiger partial charge in [-0.1, -0.05) is 0 Å². The molecule has 0 amide bonds. The van der Waals surface area contributed by atoms with Crippen LogP contribution in [0.25, 0.3) is 0 Å². The average molecular weight is 200 g/mol. The summed E-state index contributed by atoms with van der Waals surface area (Å²) in [5.74, 6) is 0. The number of hydrogen-bond donors (Lipinski definition) is 2. The first-order valence-electron chi connectivity index (χ1n) is 5.80. The minimum absolute atomic E-state index is 0.404. The topological polar surface area (TPSA) is 33.3 Å². The summed E-state index contributed by atoms with van der Waals surface area (Å²) in [5, 5.41) is 6.91. The fraction of sp³-hybridized carbons (Fsp3) is 1.00. The highest BCUT2D eigenvalue weighted by Gasteiger charge is 2.19. The molecule has 1 aliphatic carbocycles. The molecule has 3 nitrogen and oxygen atoms in total. The van der Waals surface area contributed by atoms with Gasteiger partial charge in [0, 0.05) is 26.2 Å². The molecule has 0 aliphatic heterocycles. The summed E-state index contributed by atoms with van der Waals surface area (Å²) in [7, 11) is 1.78. The molecule has 0 aromatic carbocycles. The molecule has 0 saturated heterocycles. The Morgan fingerprint density at radius 3 is 2.71 bits per heavy atom. The summed E-state index contributed by atoms with van der Waals surface area (Å²) < 4.78 is 5.18. The highest BCUT2D eigenvalue weighted by atomic mass is 16.5. The Morgan fingerprint density at radius 1 is 1.29 bits per heavy atom. The lowest BCUT2D eigenvalue weighted by molar-refractivity contribution is 0.109. The Kier molecular flexibility index (Phi) is 6.15. The van der Waals surface area contributed by atoms with Crippen molar-refractivity contribution in [1.29, 1.82) is 0 Å². The Balaban J connectivity index is 1.70. The molecule has 2 N–H and O–H groups in total. The summed E-state index contributed by atoms with van der Waals surface area (Å²) >= 11 is 0. The minimum atomic E-state index is 0.404. The molecule has 0 spiro atoms. The number of hydrogen-bond acceptors (Lipinski definition) is 3. The van der Waals surface area contributed by atoms with Crippen molar-refractivity contribution in [3.8, 4) is 0 Å². The van der Waals surface area contributed by atoms with E-state index in [4.69, 9.17) is 4.74 Å². The van der Waals surface area contributed by atoms with Crippen LogP contribution >= 0.6 is 0 Å². The van der Waals surface area contributed by atoms with E-state index in [9.17, 15) is 0 Å². The normalized spacial score (nSPS) is 18.4. The van der Waals surface area contributed by atoms with Crippen LogP contribution in [0.3, 0.4) is 0 Å². The molecule has 0 heterocycles. The lowest BCUT2D eigenvalue weighted by atomic mass is 10.2. The molecule has 0 aromatic rings. The Hall–Kier alpha value is -0.120. The molecule has 3 heteroatoms. The van der Waals surface area contributed by atoms with Crippen molar-refractivity contribution >= 4 is 0 Å². The van der Waals surface area contributed by atoms with Crippen molar-refractivity contribution in [2.45, 2.75) is 44.8 Å². The smallest absolute Gasteiger partial charge is 0.0543 e. The second kappa shape index (κ2) is 7.21. The van der Waals surface area contributed by atoms with E-state index in [-0.39, 0.29) is 0 Å². The molecule has 14 heavy (non-hydrogen) atoms.